The maximum atomic E-state index is 11.9. The fourth-order valence-electron chi connectivity index (χ4n) is 1.40. The van der Waals surface area contributed by atoms with E-state index in [0.29, 0.717) is 17.2 Å². The van der Waals surface area contributed by atoms with Gasteiger partial charge in [-0.25, -0.2) is 0 Å². The van der Waals surface area contributed by atoms with Crippen molar-refractivity contribution in [3.63, 3.8) is 0 Å². The van der Waals surface area contributed by atoms with Crippen LogP contribution in [0.4, 0.5) is 5.69 Å². The highest BCUT2D eigenvalue weighted by Crippen LogP contribution is 2.29. The lowest BCUT2D eigenvalue weighted by Gasteiger charge is -2.17. The first-order chi connectivity index (χ1) is 8.49. The van der Waals surface area contributed by atoms with E-state index in [9.17, 15) is 4.79 Å². The summed E-state index contributed by atoms with van der Waals surface area (Å²) >= 11 is 0. The molecule has 5 nitrogen and oxygen atoms in total. The van der Waals surface area contributed by atoms with E-state index in [1.54, 1.807) is 46.3 Å². The van der Waals surface area contributed by atoms with Gasteiger partial charge in [0.15, 0.2) is 0 Å². The molecule has 0 aliphatic rings. The number of hydrogen-bond donors (Lipinski definition) is 2. The molecule has 6 heteroatoms. The highest BCUT2D eigenvalue weighted by atomic mass is 35.5. The molecule has 2 atom stereocenters. The van der Waals surface area contributed by atoms with Gasteiger partial charge in [-0.3, -0.25) is 4.79 Å². The summed E-state index contributed by atoms with van der Waals surface area (Å²) in [6, 6.07) is 5.01. The minimum Gasteiger partial charge on any atom is -0.497 e. The maximum absolute atomic E-state index is 11.9. The number of anilines is 1. The smallest absolute Gasteiger partial charge is 0.228 e. The van der Waals surface area contributed by atoms with Crippen LogP contribution in [0, 0.1) is 5.92 Å². The second-order valence-electron chi connectivity index (χ2n) is 4.20. The number of rotatable bonds is 5. The zero-order valence-electron chi connectivity index (χ0n) is 11.6. The minimum atomic E-state index is -0.277. The number of amides is 1. The predicted octanol–water partition coefficient (Wildman–Crippen LogP) is 2.05. The third-order valence-corrected chi connectivity index (χ3v) is 2.87. The van der Waals surface area contributed by atoms with Gasteiger partial charge in [-0.05, 0) is 19.1 Å². The zero-order valence-corrected chi connectivity index (χ0v) is 12.4. The van der Waals surface area contributed by atoms with Gasteiger partial charge in [0.1, 0.15) is 11.5 Å². The summed E-state index contributed by atoms with van der Waals surface area (Å²) in [4.78, 5) is 11.9. The summed E-state index contributed by atoms with van der Waals surface area (Å²) in [6.45, 7) is 3.58. The van der Waals surface area contributed by atoms with Gasteiger partial charge in [0.2, 0.25) is 5.91 Å². The van der Waals surface area contributed by atoms with Gasteiger partial charge >= 0.3 is 0 Å². The van der Waals surface area contributed by atoms with Crippen LogP contribution in [0.3, 0.4) is 0 Å². The molecule has 0 radical (unpaired) electrons. The second kappa shape index (κ2) is 7.86. The van der Waals surface area contributed by atoms with Crippen molar-refractivity contribution in [2.45, 2.75) is 19.9 Å². The quantitative estimate of drug-likeness (QED) is 0.870. The molecule has 0 spiro atoms. The van der Waals surface area contributed by atoms with Crippen molar-refractivity contribution in [3.8, 4) is 11.5 Å². The van der Waals surface area contributed by atoms with Gasteiger partial charge in [0.25, 0.3) is 0 Å². The van der Waals surface area contributed by atoms with E-state index < -0.39 is 0 Å². The average Bonchev–Trinajstić information content (AvgIpc) is 2.37. The van der Waals surface area contributed by atoms with Crippen molar-refractivity contribution < 1.29 is 14.3 Å². The molecule has 1 aromatic rings. The Kier molecular flexibility index (Phi) is 7.26. The number of carbonyl (C=O) groups excluding carboxylic acids is 1. The van der Waals surface area contributed by atoms with E-state index in [-0.39, 0.29) is 30.3 Å². The second-order valence-corrected chi connectivity index (χ2v) is 4.20. The van der Waals surface area contributed by atoms with Crippen molar-refractivity contribution in [1.29, 1.82) is 0 Å². The van der Waals surface area contributed by atoms with Gasteiger partial charge in [-0.2, -0.15) is 0 Å². The molecule has 1 rings (SSSR count). The highest BCUT2D eigenvalue weighted by molar-refractivity contribution is 5.94. The molecular formula is C13H21ClN2O3. The molecule has 3 N–H and O–H groups in total. The van der Waals surface area contributed by atoms with Crippen LogP contribution in [0.5, 0.6) is 11.5 Å². The third kappa shape index (κ3) is 4.61. The van der Waals surface area contributed by atoms with Crippen LogP contribution in [0.1, 0.15) is 13.8 Å². The summed E-state index contributed by atoms with van der Waals surface area (Å²) in [5.74, 6) is 0.818. The van der Waals surface area contributed by atoms with Gasteiger partial charge in [0, 0.05) is 12.1 Å². The van der Waals surface area contributed by atoms with Crippen molar-refractivity contribution in [3.05, 3.63) is 18.2 Å². The number of halogens is 1. The normalized spacial score (nSPS) is 12.9. The molecule has 0 saturated heterocycles. The van der Waals surface area contributed by atoms with Crippen molar-refractivity contribution >= 4 is 24.0 Å². The summed E-state index contributed by atoms with van der Waals surface area (Å²) < 4.78 is 10.3. The Bertz CT molecular complexity index is 424. The summed E-state index contributed by atoms with van der Waals surface area (Å²) in [7, 11) is 3.12. The molecule has 19 heavy (non-hydrogen) atoms. The molecule has 0 saturated carbocycles. The minimum absolute atomic E-state index is 0. The molecule has 1 amide bonds. The Morgan fingerprint density at radius 3 is 2.37 bits per heavy atom. The lowest BCUT2D eigenvalue weighted by atomic mass is 10.0. The monoisotopic (exact) mass is 288 g/mol. The maximum Gasteiger partial charge on any atom is 0.228 e. The predicted molar refractivity (Wildman–Crippen MR) is 78.2 cm³/mol. The molecule has 0 aliphatic carbocycles. The van der Waals surface area contributed by atoms with E-state index in [1.165, 1.54) is 0 Å². The number of hydrogen-bond acceptors (Lipinski definition) is 4. The van der Waals surface area contributed by atoms with Crippen LogP contribution in [-0.4, -0.2) is 26.2 Å². The first kappa shape index (κ1) is 17.5. The van der Waals surface area contributed by atoms with Crippen LogP contribution < -0.4 is 20.5 Å². The Hall–Kier alpha value is -1.46. The zero-order chi connectivity index (χ0) is 13.7. The largest absolute Gasteiger partial charge is 0.497 e. The molecule has 0 fully saturated rings. The molecule has 0 aliphatic heterocycles. The molecule has 1 aromatic carbocycles. The number of carbonyl (C=O) groups is 1. The van der Waals surface area contributed by atoms with Crippen LogP contribution in [0.25, 0.3) is 0 Å². The van der Waals surface area contributed by atoms with Crippen LogP contribution in [0.15, 0.2) is 18.2 Å². The van der Waals surface area contributed by atoms with E-state index in [2.05, 4.69) is 5.32 Å². The summed E-state index contributed by atoms with van der Waals surface area (Å²) in [5, 5.41) is 2.79. The van der Waals surface area contributed by atoms with E-state index >= 15 is 0 Å². The fourth-order valence-corrected chi connectivity index (χ4v) is 1.40. The van der Waals surface area contributed by atoms with E-state index in [4.69, 9.17) is 15.2 Å². The first-order valence-electron chi connectivity index (χ1n) is 5.78. The first-order valence-corrected chi connectivity index (χ1v) is 5.78. The van der Waals surface area contributed by atoms with Gasteiger partial charge in [-0.15, -0.1) is 12.4 Å². The van der Waals surface area contributed by atoms with Crippen LogP contribution in [-0.2, 0) is 4.79 Å². The average molecular weight is 289 g/mol. The summed E-state index contributed by atoms with van der Waals surface area (Å²) in [5.41, 5.74) is 6.28. The Balaban J connectivity index is 0.00000324. The Labute approximate surface area is 119 Å². The van der Waals surface area contributed by atoms with Crippen molar-refractivity contribution in [2.24, 2.45) is 11.7 Å². The van der Waals surface area contributed by atoms with Crippen molar-refractivity contribution in [1.82, 2.24) is 0 Å². The standard InChI is InChI=1S/C13H20N2O3.ClH/c1-8(9(2)14)13(16)15-11-7-10(17-3)5-6-12(11)18-4;/h5-9H,14H2,1-4H3,(H,15,16);1H. The topological polar surface area (TPSA) is 73.6 Å². The van der Waals surface area contributed by atoms with Gasteiger partial charge in [0.05, 0.1) is 25.8 Å². The van der Waals surface area contributed by atoms with Gasteiger partial charge < -0.3 is 20.5 Å². The SMILES string of the molecule is COc1ccc(OC)c(NC(=O)C(C)C(C)N)c1.Cl. The van der Waals surface area contributed by atoms with Crippen molar-refractivity contribution in [2.75, 3.05) is 19.5 Å². The molecule has 108 valence electrons. The molecule has 0 heterocycles. The molecule has 2 unspecified atom stereocenters. The fraction of sp³-hybridized carbons (Fsp3) is 0.462. The Morgan fingerprint density at radius 2 is 1.89 bits per heavy atom. The van der Waals surface area contributed by atoms with E-state index in [1.807, 2.05) is 0 Å². The number of nitrogens with two attached hydrogens (primary N) is 1. The number of ether oxygens (including phenoxy) is 2. The lowest BCUT2D eigenvalue weighted by Crippen LogP contribution is -2.34. The Morgan fingerprint density at radius 1 is 1.26 bits per heavy atom. The van der Waals surface area contributed by atoms with Crippen LogP contribution in [0.2, 0.25) is 0 Å². The molecule has 0 bridgehead atoms. The number of methoxy groups -OCH3 is 2. The molecular weight excluding hydrogens is 268 g/mol. The van der Waals surface area contributed by atoms with E-state index in [0.717, 1.165) is 0 Å². The third-order valence-electron chi connectivity index (χ3n) is 2.87. The summed E-state index contributed by atoms with van der Waals surface area (Å²) in [6.07, 6.45) is 0. The van der Waals surface area contributed by atoms with Gasteiger partial charge in [-0.1, -0.05) is 6.92 Å². The highest BCUT2D eigenvalue weighted by Gasteiger charge is 2.18. The van der Waals surface area contributed by atoms with Crippen LogP contribution >= 0.6 is 12.4 Å². The lowest BCUT2D eigenvalue weighted by molar-refractivity contribution is -0.119. The number of nitrogens with one attached hydrogen (secondary N) is 1. The number of benzene rings is 1. The molecule has 0 aromatic heterocycles.